The van der Waals surface area contributed by atoms with Crippen molar-refractivity contribution in [3.8, 4) is 12.1 Å². The molecule has 0 bridgehead atoms. The topological polar surface area (TPSA) is 47.6 Å². The van der Waals surface area contributed by atoms with Gasteiger partial charge in [0.25, 0.3) is 0 Å². The van der Waals surface area contributed by atoms with E-state index >= 15 is 0 Å². The van der Waals surface area contributed by atoms with Crippen LogP contribution in [0.5, 0.6) is 0 Å². The summed E-state index contributed by atoms with van der Waals surface area (Å²) in [6, 6.07) is 13.5. The number of hydrogen-bond acceptors (Lipinski definition) is 2. The third-order valence-corrected chi connectivity index (χ3v) is 2.29. The molecule has 0 fully saturated rings. The fourth-order valence-corrected chi connectivity index (χ4v) is 1.69. The van der Waals surface area contributed by atoms with Crippen molar-refractivity contribution >= 4 is 5.57 Å². The molecule has 0 unspecified atom stereocenters. The number of nitrogens with zero attached hydrogens (tertiary/aromatic N) is 2. The van der Waals surface area contributed by atoms with Gasteiger partial charge < -0.3 is 0 Å². The first kappa shape index (κ1) is 12.0. The van der Waals surface area contributed by atoms with E-state index < -0.39 is 0 Å². The molecule has 16 heavy (non-hydrogen) atoms. The molecule has 0 aliphatic carbocycles. The molecule has 0 saturated carbocycles. The molecule has 0 aliphatic rings. The molecule has 1 aromatic rings. The maximum absolute atomic E-state index is 8.99. The van der Waals surface area contributed by atoms with Crippen molar-refractivity contribution in [2.24, 2.45) is 5.41 Å². The normalized spacial score (nSPS) is 10.1. The number of rotatable bonds is 1. The van der Waals surface area contributed by atoms with Crippen molar-refractivity contribution < 1.29 is 0 Å². The SMILES string of the molecule is CC(C)(C)C(=C(C#N)C#N)c1ccccc1. The molecule has 0 N–H and O–H groups in total. The Morgan fingerprint density at radius 1 is 1.00 bits per heavy atom. The van der Waals surface area contributed by atoms with Crippen LogP contribution in [0.1, 0.15) is 26.3 Å². The fraction of sp³-hybridized carbons (Fsp3) is 0.286. The average Bonchev–Trinajstić information content (AvgIpc) is 2.25. The van der Waals surface area contributed by atoms with Gasteiger partial charge in [0, 0.05) is 0 Å². The molecule has 0 spiro atoms. The van der Waals surface area contributed by atoms with Crippen molar-refractivity contribution in [2.75, 3.05) is 0 Å². The predicted molar refractivity (Wildman–Crippen MR) is 64.0 cm³/mol. The van der Waals surface area contributed by atoms with Crippen LogP contribution >= 0.6 is 0 Å². The number of nitriles is 2. The summed E-state index contributed by atoms with van der Waals surface area (Å²) >= 11 is 0. The number of allylic oxidation sites excluding steroid dienone is 2. The van der Waals surface area contributed by atoms with Gasteiger partial charge in [0.15, 0.2) is 0 Å². The summed E-state index contributed by atoms with van der Waals surface area (Å²) in [6.45, 7) is 6.01. The van der Waals surface area contributed by atoms with Gasteiger partial charge in [0.05, 0.1) is 0 Å². The maximum Gasteiger partial charge on any atom is 0.133 e. The van der Waals surface area contributed by atoms with E-state index in [-0.39, 0.29) is 11.0 Å². The zero-order chi connectivity index (χ0) is 12.2. The highest BCUT2D eigenvalue weighted by Gasteiger charge is 2.22. The zero-order valence-electron chi connectivity index (χ0n) is 9.78. The fourth-order valence-electron chi connectivity index (χ4n) is 1.69. The Bertz CT molecular complexity index is 460. The predicted octanol–water partition coefficient (Wildman–Crippen LogP) is 3.53. The van der Waals surface area contributed by atoms with Crippen LogP contribution in [-0.2, 0) is 0 Å². The molecule has 0 heterocycles. The van der Waals surface area contributed by atoms with Gasteiger partial charge >= 0.3 is 0 Å². The van der Waals surface area contributed by atoms with Crippen LogP contribution in [0.25, 0.3) is 5.57 Å². The molecule has 0 aliphatic heterocycles. The molecule has 1 rings (SSSR count). The molecule has 0 radical (unpaired) electrons. The van der Waals surface area contributed by atoms with E-state index in [1.807, 2.05) is 63.2 Å². The standard InChI is InChI=1S/C14H14N2/c1-14(2,3)13(12(9-15)10-16)11-7-5-4-6-8-11/h4-8H,1-3H3. The lowest BCUT2D eigenvalue weighted by atomic mass is 9.79. The van der Waals surface area contributed by atoms with Crippen molar-refractivity contribution in [3.63, 3.8) is 0 Å². The molecule has 0 saturated heterocycles. The summed E-state index contributed by atoms with van der Waals surface area (Å²) in [5.41, 5.74) is 1.72. The zero-order valence-corrected chi connectivity index (χ0v) is 9.78. The van der Waals surface area contributed by atoms with Gasteiger partial charge in [0.1, 0.15) is 17.7 Å². The summed E-state index contributed by atoms with van der Waals surface area (Å²) in [5.74, 6) is 0. The Kier molecular flexibility index (Phi) is 3.48. The van der Waals surface area contributed by atoms with E-state index in [0.29, 0.717) is 0 Å². The second-order valence-corrected chi connectivity index (χ2v) is 4.59. The molecule has 2 heteroatoms. The number of hydrogen-bond donors (Lipinski definition) is 0. The smallest absolute Gasteiger partial charge is 0.133 e. The molecule has 80 valence electrons. The first-order valence-electron chi connectivity index (χ1n) is 5.11. The summed E-state index contributed by atoms with van der Waals surface area (Å²) in [6.07, 6.45) is 0. The first-order valence-corrected chi connectivity index (χ1v) is 5.11. The van der Waals surface area contributed by atoms with Gasteiger partial charge in [-0.05, 0) is 16.6 Å². The van der Waals surface area contributed by atoms with Crippen LogP contribution in [-0.4, -0.2) is 0 Å². The first-order chi connectivity index (χ1) is 7.50. The van der Waals surface area contributed by atoms with Gasteiger partial charge in [-0.1, -0.05) is 51.1 Å². The summed E-state index contributed by atoms with van der Waals surface area (Å²) in [7, 11) is 0. The van der Waals surface area contributed by atoms with Crippen LogP contribution in [0.3, 0.4) is 0 Å². The Hall–Kier alpha value is -2.06. The highest BCUT2D eigenvalue weighted by atomic mass is 14.3. The molecule has 0 atom stereocenters. The van der Waals surface area contributed by atoms with Crippen LogP contribution in [0, 0.1) is 28.1 Å². The lowest BCUT2D eigenvalue weighted by molar-refractivity contribution is 0.565. The highest BCUT2D eigenvalue weighted by Crippen LogP contribution is 2.36. The lowest BCUT2D eigenvalue weighted by Gasteiger charge is -2.23. The van der Waals surface area contributed by atoms with E-state index in [9.17, 15) is 0 Å². The van der Waals surface area contributed by atoms with E-state index in [1.165, 1.54) is 0 Å². The van der Waals surface area contributed by atoms with E-state index in [1.54, 1.807) is 0 Å². The van der Waals surface area contributed by atoms with E-state index in [0.717, 1.165) is 11.1 Å². The van der Waals surface area contributed by atoms with Gasteiger partial charge in [0.2, 0.25) is 0 Å². The second-order valence-electron chi connectivity index (χ2n) is 4.59. The Labute approximate surface area is 96.4 Å². The minimum absolute atomic E-state index is 0.193. The van der Waals surface area contributed by atoms with Crippen molar-refractivity contribution in [1.29, 1.82) is 10.5 Å². The minimum atomic E-state index is -0.220. The molecule has 2 nitrogen and oxygen atoms in total. The van der Waals surface area contributed by atoms with Gasteiger partial charge in [-0.25, -0.2) is 0 Å². The Morgan fingerprint density at radius 2 is 1.50 bits per heavy atom. The monoisotopic (exact) mass is 210 g/mol. The average molecular weight is 210 g/mol. The van der Waals surface area contributed by atoms with Crippen molar-refractivity contribution in [3.05, 3.63) is 41.5 Å². The number of benzene rings is 1. The quantitative estimate of drug-likeness (QED) is 0.665. The molecule has 0 amide bonds. The van der Waals surface area contributed by atoms with Crippen LogP contribution in [0.2, 0.25) is 0 Å². The summed E-state index contributed by atoms with van der Waals surface area (Å²) in [5, 5.41) is 18.0. The van der Waals surface area contributed by atoms with Gasteiger partial charge in [-0.3, -0.25) is 0 Å². The summed E-state index contributed by atoms with van der Waals surface area (Å²) in [4.78, 5) is 0. The lowest BCUT2D eigenvalue weighted by Crippen LogP contribution is -2.10. The highest BCUT2D eigenvalue weighted by molar-refractivity contribution is 5.78. The molecule has 0 aromatic heterocycles. The summed E-state index contributed by atoms with van der Waals surface area (Å²) < 4.78 is 0. The molecular weight excluding hydrogens is 196 g/mol. The van der Waals surface area contributed by atoms with E-state index in [4.69, 9.17) is 10.5 Å². The van der Waals surface area contributed by atoms with Crippen LogP contribution in [0.15, 0.2) is 35.9 Å². The Balaban J connectivity index is 3.49. The van der Waals surface area contributed by atoms with Crippen molar-refractivity contribution in [2.45, 2.75) is 20.8 Å². The van der Waals surface area contributed by atoms with Crippen LogP contribution < -0.4 is 0 Å². The third kappa shape index (κ3) is 2.49. The molecular formula is C14H14N2. The van der Waals surface area contributed by atoms with Crippen LogP contribution in [0.4, 0.5) is 0 Å². The Morgan fingerprint density at radius 3 is 1.88 bits per heavy atom. The second kappa shape index (κ2) is 4.64. The van der Waals surface area contributed by atoms with Gasteiger partial charge in [-0.15, -0.1) is 0 Å². The van der Waals surface area contributed by atoms with Gasteiger partial charge in [-0.2, -0.15) is 10.5 Å². The van der Waals surface area contributed by atoms with E-state index in [2.05, 4.69) is 0 Å². The third-order valence-electron chi connectivity index (χ3n) is 2.29. The minimum Gasteiger partial charge on any atom is -0.192 e. The maximum atomic E-state index is 8.99. The molecule has 1 aromatic carbocycles. The largest absolute Gasteiger partial charge is 0.192 e. The van der Waals surface area contributed by atoms with Crippen molar-refractivity contribution in [1.82, 2.24) is 0 Å².